The summed E-state index contributed by atoms with van der Waals surface area (Å²) >= 11 is 1.11. The lowest BCUT2D eigenvalue weighted by molar-refractivity contribution is 0.102. The van der Waals surface area contributed by atoms with Crippen LogP contribution in [-0.2, 0) is 13.5 Å². The maximum Gasteiger partial charge on any atom is 0.280 e. The van der Waals surface area contributed by atoms with Gasteiger partial charge in [-0.15, -0.1) is 10.2 Å². The number of nitrogens with zero attached hydrogens (tertiary/aromatic N) is 5. The standard InChI is InChI=1S/C22H17B3F2N6O2S/c1-3-17-11(4-5-33(17)2)15-6-12(14(8-28-15)20(34)31-21-32-30-10-36-21)13-7-16(19(26)27)29-9-18(13)35-22(23,24)25/h4-10,19H,3H2,1-2H3,(H,31,32,34). The fourth-order valence-corrected chi connectivity index (χ4v) is 4.13. The number of halogens is 2. The molecular weight excluding hydrogens is 483 g/mol. The zero-order valence-electron chi connectivity index (χ0n) is 19.3. The number of hydrogen-bond donors (Lipinski definition) is 1. The van der Waals surface area contributed by atoms with Crippen molar-refractivity contribution >= 4 is 45.9 Å². The Kier molecular flexibility index (Phi) is 7.25. The molecule has 0 atom stereocenters. The first-order valence-electron chi connectivity index (χ1n) is 10.6. The van der Waals surface area contributed by atoms with Gasteiger partial charge in [0.25, 0.3) is 12.3 Å². The molecule has 0 saturated carbocycles. The van der Waals surface area contributed by atoms with E-state index in [4.69, 9.17) is 28.3 Å². The van der Waals surface area contributed by atoms with Gasteiger partial charge in [-0.05, 0) is 29.9 Å². The maximum atomic E-state index is 13.6. The van der Waals surface area contributed by atoms with Crippen LogP contribution in [-0.4, -0.2) is 59.5 Å². The molecule has 14 heteroatoms. The van der Waals surface area contributed by atoms with Gasteiger partial charge in [-0.3, -0.25) is 20.1 Å². The Morgan fingerprint density at radius 3 is 2.61 bits per heavy atom. The molecular formula is C22H17B3F2N6O2S. The van der Waals surface area contributed by atoms with Crippen molar-refractivity contribution in [1.29, 1.82) is 0 Å². The lowest BCUT2D eigenvalue weighted by Gasteiger charge is -2.25. The molecule has 0 aliphatic carbocycles. The average Bonchev–Trinajstić information content (AvgIpc) is 3.46. The zero-order valence-corrected chi connectivity index (χ0v) is 20.1. The van der Waals surface area contributed by atoms with Gasteiger partial charge in [0.15, 0.2) is 0 Å². The highest BCUT2D eigenvalue weighted by atomic mass is 32.1. The van der Waals surface area contributed by atoms with Gasteiger partial charge in [0.1, 0.15) is 40.5 Å². The second kappa shape index (κ2) is 10.2. The van der Waals surface area contributed by atoms with Gasteiger partial charge in [-0.1, -0.05) is 18.3 Å². The van der Waals surface area contributed by atoms with E-state index < -0.39 is 23.3 Å². The number of pyridine rings is 2. The van der Waals surface area contributed by atoms with Crippen molar-refractivity contribution in [2.45, 2.75) is 25.1 Å². The van der Waals surface area contributed by atoms with Crippen molar-refractivity contribution in [3.05, 3.63) is 59.3 Å². The Labute approximate surface area is 213 Å². The minimum Gasteiger partial charge on any atom is -0.514 e. The van der Waals surface area contributed by atoms with Gasteiger partial charge in [0.05, 0.1) is 17.5 Å². The van der Waals surface area contributed by atoms with E-state index in [0.717, 1.165) is 34.9 Å². The van der Waals surface area contributed by atoms with Crippen LogP contribution in [0.25, 0.3) is 22.4 Å². The summed E-state index contributed by atoms with van der Waals surface area (Å²) < 4.78 is 34.6. The molecule has 1 N–H and O–H groups in total. The summed E-state index contributed by atoms with van der Waals surface area (Å²) in [4.78, 5) is 21.4. The fraction of sp³-hybridized carbons (Fsp3) is 0.227. The number of carbonyl (C=O) groups excluding carboxylic acids is 1. The highest BCUT2D eigenvalue weighted by Gasteiger charge is 2.24. The monoisotopic (exact) mass is 500 g/mol. The molecule has 0 aliphatic heterocycles. The molecule has 0 unspecified atom stereocenters. The lowest BCUT2D eigenvalue weighted by atomic mass is 9.52. The molecule has 0 saturated heterocycles. The second-order valence-corrected chi connectivity index (χ2v) is 8.65. The Balaban J connectivity index is 1.94. The number of aromatic nitrogens is 5. The molecule has 0 bridgehead atoms. The first-order valence-corrected chi connectivity index (χ1v) is 11.5. The van der Waals surface area contributed by atoms with Crippen LogP contribution >= 0.6 is 11.3 Å². The molecule has 0 aromatic carbocycles. The van der Waals surface area contributed by atoms with E-state index in [9.17, 15) is 13.6 Å². The summed E-state index contributed by atoms with van der Waals surface area (Å²) in [6.07, 6.45) is 2.08. The van der Waals surface area contributed by atoms with Crippen molar-refractivity contribution in [1.82, 2.24) is 24.7 Å². The molecule has 36 heavy (non-hydrogen) atoms. The highest BCUT2D eigenvalue weighted by Crippen LogP contribution is 2.38. The van der Waals surface area contributed by atoms with Gasteiger partial charge < -0.3 is 9.30 Å². The SMILES string of the molecule is [B]C([B])([B])Oc1cnc(C(F)F)cc1-c1cc(-c2ccn(C)c2CC)ncc1C(=O)Nc1nncs1. The third-order valence-corrected chi connectivity index (χ3v) is 5.84. The summed E-state index contributed by atoms with van der Waals surface area (Å²) in [5.74, 6) is -0.691. The van der Waals surface area contributed by atoms with E-state index in [1.165, 1.54) is 11.7 Å². The van der Waals surface area contributed by atoms with Crippen LogP contribution in [0.2, 0.25) is 0 Å². The Morgan fingerprint density at radius 1 is 1.19 bits per heavy atom. The molecule has 4 heterocycles. The van der Waals surface area contributed by atoms with E-state index in [2.05, 4.69) is 25.5 Å². The normalized spacial score (nSPS) is 11.6. The molecule has 4 aromatic rings. The number of ether oxygens (including phenoxy) is 1. The van der Waals surface area contributed by atoms with E-state index in [-0.39, 0.29) is 27.6 Å². The predicted octanol–water partition coefficient (Wildman–Crippen LogP) is 3.25. The molecule has 4 aromatic heterocycles. The number of anilines is 1. The Hall–Kier alpha value is -3.54. The topological polar surface area (TPSA) is 94.8 Å². The van der Waals surface area contributed by atoms with E-state index in [1.54, 1.807) is 6.07 Å². The Morgan fingerprint density at radius 2 is 1.97 bits per heavy atom. The first kappa shape index (κ1) is 25.6. The van der Waals surface area contributed by atoms with E-state index in [0.29, 0.717) is 12.1 Å². The fourth-order valence-electron chi connectivity index (χ4n) is 3.69. The van der Waals surface area contributed by atoms with Crippen LogP contribution in [0.3, 0.4) is 0 Å². The molecule has 8 nitrogen and oxygen atoms in total. The smallest absolute Gasteiger partial charge is 0.280 e. The molecule has 0 fully saturated rings. The van der Waals surface area contributed by atoms with Crippen molar-refractivity contribution in [3.8, 4) is 28.1 Å². The summed E-state index contributed by atoms with van der Waals surface area (Å²) in [6, 6.07) is 4.58. The predicted molar refractivity (Wildman–Crippen MR) is 135 cm³/mol. The maximum absolute atomic E-state index is 13.6. The molecule has 0 spiro atoms. The van der Waals surface area contributed by atoms with Crippen molar-refractivity contribution in [2.24, 2.45) is 7.05 Å². The Bertz CT molecular complexity index is 1390. The van der Waals surface area contributed by atoms with Crippen LogP contribution < -0.4 is 10.1 Å². The average molecular weight is 500 g/mol. The third-order valence-electron chi connectivity index (χ3n) is 5.23. The third kappa shape index (κ3) is 5.48. The summed E-state index contributed by atoms with van der Waals surface area (Å²) in [6.45, 7) is 2.00. The van der Waals surface area contributed by atoms with Gasteiger partial charge in [-0.2, -0.15) is 0 Å². The van der Waals surface area contributed by atoms with Crippen LogP contribution in [0.5, 0.6) is 5.75 Å². The zero-order chi connectivity index (χ0) is 26.0. The van der Waals surface area contributed by atoms with E-state index >= 15 is 0 Å². The van der Waals surface area contributed by atoms with Crippen LogP contribution in [0.1, 0.15) is 35.1 Å². The van der Waals surface area contributed by atoms with Crippen LogP contribution in [0, 0.1) is 0 Å². The van der Waals surface area contributed by atoms with Crippen molar-refractivity contribution in [2.75, 3.05) is 5.32 Å². The van der Waals surface area contributed by atoms with Crippen LogP contribution in [0.15, 0.2) is 42.3 Å². The van der Waals surface area contributed by atoms with Gasteiger partial charge in [0.2, 0.25) is 5.13 Å². The first-order chi connectivity index (χ1) is 17.1. The van der Waals surface area contributed by atoms with Crippen molar-refractivity contribution in [3.63, 3.8) is 0 Å². The second-order valence-electron chi connectivity index (χ2n) is 7.82. The molecule has 176 valence electrons. The molecule has 4 rings (SSSR count). The van der Waals surface area contributed by atoms with Gasteiger partial charge in [0, 0.05) is 41.8 Å². The van der Waals surface area contributed by atoms with E-state index in [1.807, 2.05) is 30.8 Å². The molecule has 1 amide bonds. The molecule has 0 aliphatic rings. The summed E-state index contributed by atoms with van der Waals surface area (Å²) in [7, 11) is 18.7. The number of hydrogen-bond acceptors (Lipinski definition) is 7. The number of aryl methyl sites for hydroxylation is 1. The summed E-state index contributed by atoms with van der Waals surface area (Å²) in [5.41, 5.74) is 3.57. The molecule has 6 radical (unpaired) electrons. The number of rotatable bonds is 8. The number of alkyl halides is 2. The quantitative estimate of drug-likeness (QED) is 0.374. The summed E-state index contributed by atoms with van der Waals surface area (Å²) in [5, 5.41) is 8.23. The highest BCUT2D eigenvalue weighted by molar-refractivity contribution is 7.13. The largest absolute Gasteiger partial charge is 0.514 e. The number of carbonyl (C=O) groups is 1. The number of nitrogens with one attached hydrogen (secondary N) is 1. The minimum absolute atomic E-state index is 0.0517. The lowest BCUT2D eigenvalue weighted by Crippen LogP contribution is -2.37. The van der Waals surface area contributed by atoms with Crippen LogP contribution in [0.4, 0.5) is 13.9 Å². The number of amides is 1. The van der Waals surface area contributed by atoms with Gasteiger partial charge >= 0.3 is 0 Å². The van der Waals surface area contributed by atoms with Crippen molar-refractivity contribution < 1.29 is 18.3 Å². The van der Waals surface area contributed by atoms with Gasteiger partial charge in [-0.25, -0.2) is 8.78 Å². The minimum atomic E-state index is -2.89.